The first-order valence-electron chi connectivity index (χ1n) is 7.98. The van der Waals surface area contributed by atoms with Crippen LogP contribution in [0.25, 0.3) is 11.0 Å². The summed E-state index contributed by atoms with van der Waals surface area (Å²) in [5.41, 5.74) is 2.38. The topological polar surface area (TPSA) is 107 Å². The van der Waals surface area contributed by atoms with E-state index >= 15 is 0 Å². The van der Waals surface area contributed by atoms with Crippen LogP contribution in [0.3, 0.4) is 0 Å². The Morgan fingerprint density at radius 2 is 1.62 bits per heavy atom. The summed E-state index contributed by atoms with van der Waals surface area (Å²) in [6.07, 6.45) is 0. The molecule has 1 heterocycles. The molecule has 0 saturated carbocycles. The highest BCUT2D eigenvalue weighted by Gasteiger charge is 2.15. The molecule has 26 heavy (non-hydrogen) atoms. The number of anilines is 2. The molecule has 0 aliphatic rings. The normalized spacial score (nSPS) is 11.9. The number of hydrogen-bond acceptors (Lipinski definition) is 4. The summed E-state index contributed by atoms with van der Waals surface area (Å²) >= 11 is 1.42. The lowest BCUT2D eigenvalue weighted by Gasteiger charge is -2.12. The van der Waals surface area contributed by atoms with Crippen LogP contribution < -0.4 is 16.3 Å². The van der Waals surface area contributed by atoms with Gasteiger partial charge in [-0.25, -0.2) is 4.79 Å². The average Bonchev–Trinajstić information content (AvgIpc) is 2.95. The Labute approximate surface area is 153 Å². The van der Waals surface area contributed by atoms with Crippen LogP contribution in [-0.4, -0.2) is 27.0 Å². The van der Waals surface area contributed by atoms with E-state index < -0.39 is 0 Å². The zero-order chi connectivity index (χ0) is 18.7. The van der Waals surface area contributed by atoms with Crippen molar-refractivity contribution in [1.82, 2.24) is 9.97 Å². The van der Waals surface area contributed by atoms with Gasteiger partial charge in [-0.15, -0.1) is 11.8 Å². The number of fused-ring (bicyclic) bond motifs is 1. The second kappa shape index (κ2) is 7.49. The molecule has 7 nitrogen and oxygen atoms in total. The van der Waals surface area contributed by atoms with Gasteiger partial charge in [-0.3, -0.25) is 9.59 Å². The molecule has 2 amide bonds. The summed E-state index contributed by atoms with van der Waals surface area (Å²) in [5, 5.41) is 5.23. The van der Waals surface area contributed by atoms with Crippen molar-refractivity contribution >= 4 is 46.0 Å². The van der Waals surface area contributed by atoms with Crippen LogP contribution in [0.1, 0.15) is 13.8 Å². The summed E-state index contributed by atoms with van der Waals surface area (Å²) in [6, 6.07) is 12.5. The lowest BCUT2D eigenvalue weighted by atomic mass is 10.2. The summed E-state index contributed by atoms with van der Waals surface area (Å²) in [6.45, 7) is 3.27. The number of benzene rings is 2. The summed E-state index contributed by atoms with van der Waals surface area (Å²) in [7, 11) is 0. The van der Waals surface area contributed by atoms with Crippen LogP contribution in [0.4, 0.5) is 11.4 Å². The fraction of sp³-hybridized carbons (Fsp3) is 0.167. The van der Waals surface area contributed by atoms with E-state index in [1.807, 2.05) is 19.1 Å². The van der Waals surface area contributed by atoms with Gasteiger partial charge in [-0.2, -0.15) is 0 Å². The van der Waals surface area contributed by atoms with E-state index in [2.05, 4.69) is 20.6 Å². The number of rotatable bonds is 5. The first-order valence-corrected chi connectivity index (χ1v) is 8.86. The zero-order valence-corrected chi connectivity index (χ0v) is 15.1. The number of hydrogen-bond donors (Lipinski definition) is 4. The molecular weight excluding hydrogens is 352 g/mol. The molecule has 0 fully saturated rings. The second-order valence-electron chi connectivity index (χ2n) is 5.79. The first kappa shape index (κ1) is 17.8. The number of carbonyl (C=O) groups excluding carboxylic acids is 2. The molecule has 1 atom stereocenters. The lowest BCUT2D eigenvalue weighted by Crippen LogP contribution is -2.22. The third kappa shape index (κ3) is 4.34. The molecule has 3 aromatic rings. The van der Waals surface area contributed by atoms with Gasteiger partial charge in [-0.05, 0) is 49.4 Å². The number of thioether (sulfide) groups is 1. The summed E-state index contributed by atoms with van der Waals surface area (Å²) in [5.74, 6) is -0.267. The zero-order valence-electron chi connectivity index (χ0n) is 14.3. The van der Waals surface area contributed by atoms with Gasteiger partial charge < -0.3 is 20.6 Å². The van der Waals surface area contributed by atoms with Crippen LogP contribution in [0.2, 0.25) is 0 Å². The number of amides is 2. The van der Waals surface area contributed by atoms with Gasteiger partial charge in [0.2, 0.25) is 11.8 Å². The number of carbonyl (C=O) groups is 2. The number of aromatic amines is 2. The number of nitrogens with one attached hydrogen (secondary N) is 4. The highest BCUT2D eigenvalue weighted by molar-refractivity contribution is 8.00. The van der Waals surface area contributed by atoms with Crippen molar-refractivity contribution in [2.45, 2.75) is 24.0 Å². The Hall–Kier alpha value is -3.00. The van der Waals surface area contributed by atoms with Gasteiger partial charge in [0.25, 0.3) is 0 Å². The maximum absolute atomic E-state index is 12.4. The van der Waals surface area contributed by atoms with Crippen molar-refractivity contribution < 1.29 is 9.59 Å². The van der Waals surface area contributed by atoms with E-state index in [1.54, 1.807) is 30.3 Å². The molecule has 4 N–H and O–H groups in total. The largest absolute Gasteiger partial charge is 0.326 e. The van der Waals surface area contributed by atoms with Gasteiger partial charge >= 0.3 is 5.69 Å². The van der Waals surface area contributed by atoms with Crippen molar-refractivity contribution in [3.8, 4) is 0 Å². The summed E-state index contributed by atoms with van der Waals surface area (Å²) in [4.78, 5) is 41.0. The summed E-state index contributed by atoms with van der Waals surface area (Å²) < 4.78 is 0. The maximum Gasteiger partial charge on any atom is 0.323 e. The monoisotopic (exact) mass is 370 g/mol. The standard InChI is InChI=1S/C18H18N4O3S/c1-10(26-14-6-3-12(4-7-14)19-11(2)23)17(24)20-13-5-8-15-16(9-13)22-18(25)21-15/h3-10H,1-2H3,(H,19,23)(H,20,24)(H2,21,22,25)/t10-/m1/s1. The quantitative estimate of drug-likeness (QED) is 0.518. The molecule has 2 aromatic carbocycles. The number of imidazole rings is 1. The Bertz CT molecular complexity index is 1010. The van der Waals surface area contributed by atoms with Crippen molar-refractivity contribution in [2.24, 2.45) is 0 Å². The van der Waals surface area contributed by atoms with E-state index in [1.165, 1.54) is 18.7 Å². The van der Waals surface area contributed by atoms with Crippen LogP contribution in [0, 0.1) is 0 Å². The second-order valence-corrected chi connectivity index (χ2v) is 7.21. The SMILES string of the molecule is CC(=O)Nc1ccc(S[C@H](C)C(=O)Nc2ccc3[nH]c(=O)[nH]c3c2)cc1. The van der Waals surface area contributed by atoms with Gasteiger partial charge in [0.05, 0.1) is 16.3 Å². The van der Waals surface area contributed by atoms with Crippen LogP contribution in [-0.2, 0) is 9.59 Å². The third-order valence-corrected chi connectivity index (χ3v) is 4.75. The van der Waals surface area contributed by atoms with Crippen LogP contribution >= 0.6 is 11.8 Å². The van der Waals surface area contributed by atoms with Crippen molar-refractivity contribution in [2.75, 3.05) is 10.6 Å². The molecule has 0 bridgehead atoms. The number of H-pyrrole nitrogens is 2. The molecule has 3 rings (SSSR count). The lowest BCUT2D eigenvalue weighted by molar-refractivity contribution is -0.115. The smallest absolute Gasteiger partial charge is 0.323 e. The van der Waals surface area contributed by atoms with Gasteiger partial charge in [0, 0.05) is 23.2 Å². The molecule has 0 unspecified atom stereocenters. The van der Waals surface area contributed by atoms with E-state index in [0.717, 1.165) is 4.90 Å². The van der Waals surface area contributed by atoms with E-state index in [9.17, 15) is 14.4 Å². The Balaban J connectivity index is 1.63. The van der Waals surface area contributed by atoms with Crippen LogP contribution in [0.5, 0.6) is 0 Å². The maximum atomic E-state index is 12.4. The Morgan fingerprint density at radius 1 is 0.962 bits per heavy atom. The van der Waals surface area contributed by atoms with Crippen molar-refractivity contribution in [3.63, 3.8) is 0 Å². The predicted molar refractivity (Wildman–Crippen MR) is 104 cm³/mol. The molecule has 0 saturated heterocycles. The van der Waals surface area contributed by atoms with Crippen molar-refractivity contribution in [3.05, 3.63) is 52.9 Å². The van der Waals surface area contributed by atoms with Crippen LogP contribution in [0.15, 0.2) is 52.2 Å². The van der Waals surface area contributed by atoms with E-state index in [0.29, 0.717) is 22.4 Å². The Morgan fingerprint density at radius 3 is 2.31 bits per heavy atom. The van der Waals surface area contributed by atoms with Gasteiger partial charge in [0.15, 0.2) is 0 Å². The minimum atomic E-state index is -0.317. The molecular formula is C18H18N4O3S. The molecule has 0 radical (unpaired) electrons. The predicted octanol–water partition coefficient (Wildman–Crippen LogP) is 2.93. The third-order valence-electron chi connectivity index (χ3n) is 3.64. The highest BCUT2D eigenvalue weighted by atomic mass is 32.2. The van der Waals surface area contributed by atoms with E-state index in [4.69, 9.17) is 0 Å². The van der Waals surface area contributed by atoms with Gasteiger partial charge in [-0.1, -0.05) is 0 Å². The minimum Gasteiger partial charge on any atom is -0.326 e. The first-order chi connectivity index (χ1) is 12.4. The van der Waals surface area contributed by atoms with Gasteiger partial charge in [0.1, 0.15) is 0 Å². The fourth-order valence-electron chi connectivity index (χ4n) is 2.43. The van der Waals surface area contributed by atoms with E-state index in [-0.39, 0.29) is 22.8 Å². The number of aromatic nitrogens is 2. The highest BCUT2D eigenvalue weighted by Crippen LogP contribution is 2.26. The molecule has 0 aliphatic carbocycles. The van der Waals surface area contributed by atoms with Crippen molar-refractivity contribution in [1.29, 1.82) is 0 Å². The molecule has 0 spiro atoms. The molecule has 8 heteroatoms. The average molecular weight is 370 g/mol. The minimum absolute atomic E-state index is 0.126. The fourth-order valence-corrected chi connectivity index (χ4v) is 3.30. The Kier molecular flexibility index (Phi) is 5.13. The molecule has 0 aliphatic heterocycles. The molecule has 134 valence electrons. The molecule has 1 aromatic heterocycles.